The normalized spacial score (nSPS) is 24.7. The summed E-state index contributed by atoms with van der Waals surface area (Å²) >= 11 is 0. The standard InChI is InChI=1S/C35H50N8O4/c1-22-11-8-13-35(7,30(22)27(19-36)24(3)37)32-40-31(41-47-32)28-17-26(18-29(39-28)43-16-10-14-38-20-23(43)2)45-25-12-9-15-42(21-25)33(44)46-34(4,5)6/h17-18,23,25,38H,8-16,20-21,37H2,1-7H3/b27-24+/t23-,25?,35-/m0/s1. The Kier molecular flexibility index (Phi) is 10.2. The summed E-state index contributed by atoms with van der Waals surface area (Å²) < 4.78 is 18.2. The first-order chi connectivity index (χ1) is 22.3. The van der Waals surface area contributed by atoms with Crippen molar-refractivity contribution in [2.24, 2.45) is 5.73 Å². The predicted octanol–water partition coefficient (Wildman–Crippen LogP) is 5.61. The SMILES string of the molecule is CC1=C(/C(C#N)=C(\C)N)[C@@](C)(c2nc(-c3cc(OC4CCCN(C(=O)OC(C)(C)C)C4)cc(N4CCCNC[C@@H]4C)n3)no2)CCC1. The van der Waals surface area contributed by atoms with Crippen molar-refractivity contribution in [2.45, 2.75) is 110 Å². The van der Waals surface area contributed by atoms with E-state index in [9.17, 15) is 10.1 Å². The molecule has 2 fully saturated rings. The van der Waals surface area contributed by atoms with E-state index in [1.54, 1.807) is 11.8 Å². The van der Waals surface area contributed by atoms with Gasteiger partial charge in [0.15, 0.2) is 0 Å². The number of anilines is 1. The van der Waals surface area contributed by atoms with Crippen molar-refractivity contribution in [1.82, 2.24) is 25.3 Å². The number of hydrogen-bond donors (Lipinski definition) is 2. The molecular weight excluding hydrogens is 596 g/mol. The maximum atomic E-state index is 12.8. The molecule has 0 radical (unpaired) electrons. The van der Waals surface area contributed by atoms with Crippen molar-refractivity contribution in [3.05, 3.63) is 40.4 Å². The molecule has 2 aromatic heterocycles. The molecule has 3 atom stereocenters. The van der Waals surface area contributed by atoms with E-state index in [0.717, 1.165) is 75.1 Å². The summed E-state index contributed by atoms with van der Waals surface area (Å²) in [6, 6.07) is 6.35. The van der Waals surface area contributed by atoms with Crippen LogP contribution in [0.4, 0.5) is 10.6 Å². The van der Waals surface area contributed by atoms with Gasteiger partial charge >= 0.3 is 6.09 Å². The number of piperidine rings is 1. The molecular formula is C35H50N8O4. The number of nitrogens with two attached hydrogens (primary N) is 1. The minimum absolute atomic E-state index is 0.207. The van der Waals surface area contributed by atoms with Crippen LogP contribution >= 0.6 is 0 Å². The molecule has 2 saturated heterocycles. The van der Waals surface area contributed by atoms with E-state index in [-0.39, 0.29) is 18.2 Å². The highest BCUT2D eigenvalue weighted by atomic mass is 16.6. The molecule has 1 amide bonds. The number of nitrogens with one attached hydrogen (secondary N) is 1. The third-order valence-electron chi connectivity index (χ3n) is 9.23. The Labute approximate surface area is 278 Å². The lowest BCUT2D eigenvalue weighted by molar-refractivity contribution is 0.00775. The summed E-state index contributed by atoms with van der Waals surface area (Å²) in [5.74, 6) is 2.18. The quantitative estimate of drug-likeness (QED) is 0.376. The van der Waals surface area contributed by atoms with Crippen LogP contribution in [-0.2, 0) is 10.2 Å². The number of allylic oxidation sites excluding steroid dienone is 4. The van der Waals surface area contributed by atoms with Crippen molar-refractivity contribution in [1.29, 1.82) is 5.26 Å². The molecule has 47 heavy (non-hydrogen) atoms. The predicted molar refractivity (Wildman–Crippen MR) is 180 cm³/mol. The number of hydrogen-bond acceptors (Lipinski definition) is 11. The molecule has 5 rings (SSSR count). The van der Waals surface area contributed by atoms with Gasteiger partial charge in [0.05, 0.1) is 17.5 Å². The number of aromatic nitrogens is 3. The van der Waals surface area contributed by atoms with Crippen LogP contribution in [0.2, 0.25) is 0 Å². The van der Waals surface area contributed by atoms with E-state index in [2.05, 4.69) is 28.4 Å². The number of likely N-dealkylation sites (tertiary alicyclic amines) is 1. The van der Waals surface area contributed by atoms with Gasteiger partial charge in [-0.3, -0.25) is 0 Å². The monoisotopic (exact) mass is 646 g/mol. The fourth-order valence-electron chi connectivity index (χ4n) is 6.92. The summed E-state index contributed by atoms with van der Waals surface area (Å²) in [6.45, 7) is 17.3. The van der Waals surface area contributed by atoms with Gasteiger partial charge in [0, 0.05) is 43.5 Å². The molecule has 0 saturated carbocycles. The first-order valence-electron chi connectivity index (χ1n) is 16.8. The van der Waals surface area contributed by atoms with Gasteiger partial charge in [-0.2, -0.15) is 10.2 Å². The first kappa shape index (κ1) is 34.2. The fourth-order valence-corrected chi connectivity index (χ4v) is 6.92. The highest BCUT2D eigenvalue weighted by molar-refractivity contribution is 5.68. The highest BCUT2D eigenvalue weighted by Gasteiger charge is 2.42. The third kappa shape index (κ3) is 7.73. The van der Waals surface area contributed by atoms with Gasteiger partial charge in [0.1, 0.15) is 35.0 Å². The maximum absolute atomic E-state index is 12.8. The molecule has 0 bridgehead atoms. The maximum Gasteiger partial charge on any atom is 0.410 e. The largest absolute Gasteiger partial charge is 0.488 e. The van der Waals surface area contributed by atoms with Gasteiger partial charge in [-0.25, -0.2) is 9.78 Å². The van der Waals surface area contributed by atoms with Crippen LogP contribution < -0.4 is 20.7 Å². The summed E-state index contributed by atoms with van der Waals surface area (Å²) in [7, 11) is 0. The zero-order valence-electron chi connectivity index (χ0n) is 29.0. The van der Waals surface area contributed by atoms with Gasteiger partial charge in [-0.05, 0) is 99.1 Å². The molecule has 1 aliphatic carbocycles. The molecule has 1 unspecified atom stereocenters. The second kappa shape index (κ2) is 13.9. The fraction of sp³-hybridized carbons (Fsp3) is 0.629. The summed E-state index contributed by atoms with van der Waals surface area (Å²) in [6.07, 6.45) is 4.62. The van der Waals surface area contributed by atoms with E-state index < -0.39 is 11.0 Å². The van der Waals surface area contributed by atoms with Gasteiger partial charge in [-0.15, -0.1) is 0 Å². The zero-order chi connectivity index (χ0) is 33.9. The number of carbonyl (C=O) groups is 1. The Bertz CT molecular complexity index is 1560. The van der Waals surface area contributed by atoms with E-state index in [0.29, 0.717) is 47.5 Å². The van der Waals surface area contributed by atoms with Crippen LogP contribution in [0.3, 0.4) is 0 Å². The molecule has 3 aliphatic rings. The Morgan fingerprint density at radius 2 is 2.00 bits per heavy atom. The smallest absolute Gasteiger partial charge is 0.410 e. The summed E-state index contributed by atoms with van der Waals surface area (Å²) in [5.41, 5.74) is 8.39. The number of nitrogens with zero attached hydrogens (tertiary/aromatic N) is 6. The van der Waals surface area contributed by atoms with E-state index in [1.165, 1.54) is 0 Å². The minimum atomic E-state index is -0.672. The number of rotatable bonds is 6. The second-order valence-corrected chi connectivity index (χ2v) is 14.4. The summed E-state index contributed by atoms with van der Waals surface area (Å²) in [5, 5.41) is 18.0. The third-order valence-corrected chi connectivity index (χ3v) is 9.23. The first-order valence-corrected chi connectivity index (χ1v) is 16.8. The Balaban J connectivity index is 1.50. The number of carbonyl (C=O) groups excluding carboxylic acids is 1. The van der Waals surface area contributed by atoms with Crippen LogP contribution in [-0.4, -0.2) is 76.6 Å². The number of nitriles is 1. The molecule has 4 heterocycles. The van der Waals surface area contributed by atoms with Crippen molar-refractivity contribution >= 4 is 11.9 Å². The van der Waals surface area contributed by atoms with E-state index >= 15 is 0 Å². The van der Waals surface area contributed by atoms with E-state index in [1.807, 2.05) is 46.8 Å². The lowest BCUT2D eigenvalue weighted by Crippen LogP contribution is -2.46. The highest BCUT2D eigenvalue weighted by Crippen LogP contribution is 2.46. The Morgan fingerprint density at radius 1 is 1.21 bits per heavy atom. The van der Waals surface area contributed by atoms with Crippen LogP contribution in [0, 0.1) is 11.3 Å². The molecule has 0 spiro atoms. The van der Waals surface area contributed by atoms with Crippen molar-refractivity contribution in [2.75, 3.05) is 37.6 Å². The molecule has 254 valence electrons. The second-order valence-electron chi connectivity index (χ2n) is 14.4. The lowest BCUT2D eigenvalue weighted by Gasteiger charge is -2.34. The molecule has 2 aromatic rings. The van der Waals surface area contributed by atoms with Crippen LogP contribution in [0.1, 0.15) is 92.9 Å². The number of ether oxygens (including phenoxy) is 2. The molecule has 0 aromatic carbocycles. The van der Waals surface area contributed by atoms with Gasteiger partial charge < -0.3 is 34.8 Å². The Hall–Kier alpha value is -4.11. The number of pyridine rings is 1. The number of amides is 1. The molecule has 12 heteroatoms. The van der Waals surface area contributed by atoms with Crippen molar-refractivity contribution in [3.63, 3.8) is 0 Å². The average Bonchev–Trinajstić information content (AvgIpc) is 3.42. The molecule has 2 aliphatic heterocycles. The zero-order valence-corrected chi connectivity index (χ0v) is 29.0. The molecule has 12 nitrogen and oxygen atoms in total. The van der Waals surface area contributed by atoms with E-state index in [4.69, 9.17) is 29.7 Å². The van der Waals surface area contributed by atoms with Crippen molar-refractivity contribution < 1.29 is 18.8 Å². The molecule has 3 N–H and O–H groups in total. The van der Waals surface area contributed by atoms with Gasteiger partial charge in [0.2, 0.25) is 11.7 Å². The van der Waals surface area contributed by atoms with Crippen LogP contribution in [0.15, 0.2) is 39.1 Å². The van der Waals surface area contributed by atoms with Crippen molar-refractivity contribution in [3.8, 4) is 23.3 Å². The van der Waals surface area contributed by atoms with Gasteiger partial charge in [0.25, 0.3) is 0 Å². The topological polar surface area (TPSA) is 156 Å². The van der Waals surface area contributed by atoms with Gasteiger partial charge in [-0.1, -0.05) is 10.7 Å². The summed E-state index contributed by atoms with van der Waals surface area (Å²) in [4.78, 5) is 26.8. The van der Waals surface area contributed by atoms with Crippen LogP contribution in [0.25, 0.3) is 11.5 Å². The van der Waals surface area contributed by atoms with Crippen LogP contribution in [0.5, 0.6) is 5.75 Å². The average molecular weight is 647 g/mol. The lowest BCUT2D eigenvalue weighted by atomic mass is 9.68. The Morgan fingerprint density at radius 3 is 2.72 bits per heavy atom. The minimum Gasteiger partial charge on any atom is -0.488 e.